The third kappa shape index (κ3) is 9.13. The van der Waals surface area contributed by atoms with Gasteiger partial charge in [-0.3, -0.25) is 4.79 Å². The second-order valence-corrected chi connectivity index (χ2v) is 8.64. The summed E-state index contributed by atoms with van der Waals surface area (Å²) in [5.74, 6) is -1.90. The molecule has 0 radical (unpaired) electrons. The van der Waals surface area contributed by atoms with Crippen LogP contribution in [0.5, 0.6) is 0 Å². The van der Waals surface area contributed by atoms with Crippen LogP contribution < -0.4 is 5.73 Å². The third-order valence-corrected chi connectivity index (χ3v) is 4.94. The van der Waals surface area contributed by atoms with Crippen LogP contribution >= 0.6 is 0 Å². The van der Waals surface area contributed by atoms with E-state index in [1.165, 1.54) is 0 Å². The number of ether oxygens (including phenoxy) is 5. The van der Waals surface area contributed by atoms with Crippen LogP contribution in [0.25, 0.3) is 0 Å². The van der Waals surface area contributed by atoms with Crippen molar-refractivity contribution in [2.24, 2.45) is 11.7 Å². The number of rotatable bonds is 12. The fourth-order valence-electron chi connectivity index (χ4n) is 3.26. The second kappa shape index (κ2) is 13.0. The summed E-state index contributed by atoms with van der Waals surface area (Å²) in [7, 11) is 0. The van der Waals surface area contributed by atoms with Crippen molar-refractivity contribution < 1.29 is 38.1 Å². The average Bonchev–Trinajstić information content (AvgIpc) is 2.70. The number of esters is 3. The van der Waals surface area contributed by atoms with Crippen molar-refractivity contribution in [1.82, 2.24) is 0 Å². The summed E-state index contributed by atoms with van der Waals surface area (Å²) in [6.45, 7) is 10.2. The maximum Gasteiger partial charge on any atom is 0.350 e. The molecule has 0 amide bonds. The highest BCUT2D eigenvalue weighted by Crippen LogP contribution is 2.27. The molecule has 1 heterocycles. The molecule has 1 rings (SSSR count). The summed E-state index contributed by atoms with van der Waals surface area (Å²) >= 11 is 0. The Morgan fingerprint density at radius 2 is 1.58 bits per heavy atom. The van der Waals surface area contributed by atoms with Crippen LogP contribution in [0.3, 0.4) is 0 Å². The van der Waals surface area contributed by atoms with Gasteiger partial charge in [0.15, 0.2) is 0 Å². The Hall–Kier alpha value is -1.71. The van der Waals surface area contributed by atoms with Crippen LogP contribution in [0.1, 0.15) is 66.7 Å². The van der Waals surface area contributed by atoms with Gasteiger partial charge in [0.05, 0.1) is 13.2 Å². The van der Waals surface area contributed by atoms with Crippen LogP contribution in [-0.4, -0.2) is 68.2 Å². The van der Waals surface area contributed by atoms with E-state index in [0.717, 1.165) is 12.8 Å². The Labute approximate surface area is 185 Å². The first-order chi connectivity index (χ1) is 14.6. The predicted molar refractivity (Wildman–Crippen MR) is 113 cm³/mol. The Morgan fingerprint density at radius 3 is 2.06 bits per heavy atom. The standard InChI is InChI=1S/C22H39NO8/c1-6-28-19(25)22(20(26)29-7-2,30-15-11-16-9-13-27-14-10-16)12-8-17(23)18(24)31-21(3,4)5/h16-17H,6-15,23H2,1-5H3. The van der Waals surface area contributed by atoms with E-state index in [1.54, 1.807) is 34.6 Å². The number of hydrogen-bond donors (Lipinski definition) is 1. The van der Waals surface area contributed by atoms with Gasteiger partial charge in [0.25, 0.3) is 5.60 Å². The summed E-state index contributed by atoms with van der Waals surface area (Å²) in [5.41, 5.74) is 3.30. The molecule has 31 heavy (non-hydrogen) atoms. The molecule has 0 saturated carbocycles. The molecule has 0 aromatic rings. The molecule has 2 N–H and O–H groups in total. The Morgan fingerprint density at radius 1 is 1.03 bits per heavy atom. The highest BCUT2D eigenvalue weighted by atomic mass is 16.6. The summed E-state index contributed by atoms with van der Waals surface area (Å²) in [6.07, 6.45) is 2.31. The van der Waals surface area contributed by atoms with Crippen LogP contribution in [0.4, 0.5) is 0 Å². The lowest BCUT2D eigenvalue weighted by atomic mass is 9.93. The summed E-state index contributed by atoms with van der Waals surface area (Å²) in [5, 5.41) is 0. The molecule has 0 bridgehead atoms. The number of carbonyl (C=O) groups excluding carboxylic acids is 3. The first-order valence-corrected chi connectivity index (χ1v) is 11.1. The van der Waals surface area contributed by atoms with Crippen molar-refractivity contribution in [1.29, 1.82) is 0 Å². The third-order valence-electron chi connectivity index (χ3n) is 4.94. The summed E-state index contributed by atoms with van der Waals surface area (Å²) in [6, 6.07) is -1.03. The molecule has 0 aromatic carbocycles. The van der Waals surface area contributed by atoms with Crippen molar-refractivity contribution in [3.05, 3.63) is 0 Å². The lowest BCUT2D eigenvalue weighted by molar-refractivity contribution is -0.193. The van der Waals surface area contributed by atoms with E-state index in [2.05, 4.69) is 0 Å². The highest BCUT2D eigenvalue weighted by Gasteiger charge is 2.50. The SMILES string of the molecule is CCOC(=O)C(CCC(N)C(=O)OC(C)(C)C)(OCCC1CCOCC1)C(=O)OCC. The van der Waals surface area contributed by atoms with Gasteiger partial charge in [0.1, 0.15) is 11.6 Å². The van der Waals surface area contributed by atoms with Gasteiger partial charge in [-0.25, -0.2) is 9.59 Å². The molecule has 0 spiro atoms. The number of carbonyl (C=O) groups is 3. The molecule has 9 heteroatoms. The summed E-state index contributed by atoms with van der Waals surface area (Å²) < 4.78 is 26.8. The molecule has 1 aliphatic rings. The maximum absolute atomic E-state index is 12.8. The fourth-order valence-corrected chi connectivity index (χ4v) is 3.26. The van der Waals surface area contributed by atoms with E-state index < -0.39 is 35.2 Å². The van der Waals surface area contributed by atoms with Gasteiger partial charge in [-0.15, -0.1) is 0 Å². The Kier molecular flexibility index (Phi) is 11.4. The van der Waals surface area contributed by atoms with Crippen molar-refractivity contribution in [3.63, 3.8) is 0 Å². The normalized spacial score (nSPS) is 16.5. The van der Waals surface area contributed by atoms with Crippen molar-refractivity contribution in [2.45, 2.75) is 84.0 Å². The van der Waals surface area contributed by atoms with E-state index in [0.29, 0.717) is 25.6 Å². The molecule has 1 saturated heterocycles. The van der Waals surface area contributed by atoms with E-state index >= 15 is 0 Å². The first kappa shape index (κ1) is 27.3. The van der Waals surface area contributed by atoms with Gasteiger partial charge < -0.3 is 29.4 Å². The molecule has 1 atom stereocenters. The van der Waals surface area contributed by atoms with E-state index in [9.17, 15) is 14.4 Å². The minimum Gasteiger partial charge on any atom is -0.463 e. The Balaban J connectivity index is 2.94. The van der Waals surface area contributed by atoms with Crippen LogP contribution in [0, 0.1) is 5.92 Å². The number of hydrogen-bond acceptors (Lipinski definition) is 9. The molecular formula is C22H39NO8. The van der Waals surface area contributed by atoms with Gasteiger partial charge in [-0.2, -0.15) is 0 Å². The van der Waals surface area contributed by atoms with Crippen LogP contribution in [0.15, 0.2) is 0 Å². The largest absolute Gasteiger partial charge is 0.463 e. The second-order valence-electron chi connectivity index (χ2n) is 8.64. The van der Waals surface area contributed by atoms with Crippen LogP contribution in [-0.2, 0) is 38.1 Å². The molecule has 1 unspecified atom stereocenters. The molecular weight excluding hydrogens is 406 g/mol. The van der Waals surface area contributed by atoms with Gasteiger partial charge in [0, 0.05) is 26.2 Å². The van der Waals surface area contributed by atoms with Gasteiger partial charge in [-0.1, -0.05) is 0 Å². The monoisotopic (exact) mass is 445 g/mol. The Bertz CT molecular complexity index is 563. The zero-order chi connectivity index (χ0) is 23.5. The maximum atomic E-state index is 12.8. The fraction of sp³-hybridized carbons (Fsp3) is 0.864. The molecule has 9 nitrogen and oxygen atoms in total. The number of nitrogens with two attached hydrogens (primary N) is 1. The first-order valence-electron chi connectivity index (χ1n) is 11.1. The van der Waals surface area contributed by atoms with Crippen molar-refractivity contribution in [2.75, 3.05) is 33.0 Å². The predicted octanol–water partition coefficient (Wildman–Crippen LogP) is 2.13. The molecule has 0 aromatic heterocycles. The van der Waals surface area contributed by atoms with Crippen LogP contribution in [0.2, 0.25) is 0 Å². The summed E-state index contributed by atoms with van der Waals surface area (Å²) in [4.78, 5) is 38.0. The average molecular weight is 446 g/mol. The lowest BCUT2D eigenvalue weighted by Crippen LogP contribution is -2.53. The van der Waals surface area contributed by atoms with Gasteiger partial charge in [0.2, 0.25) is 0 Å². The topological polar surface area (TPSA) is 123 Å². The smallest absolute Gasteiger partial charge is 0.350 e. The van der Waals surface area contributed by atoms with E-state index in [1.807, 2.05) is 0 Å². The van der Waals surface area contributed by atoms with Gasteiger partial charge in [-0.05, 0) is 66.2 Å². The van der Waals surface area contributed by atoms with Crippen molar-refractivity contribution in [3.8, 4) is 0 Å². The molecule has 1 aliphatic heterocycles. The zero-order valence-electron chi connectivity index (χ0n) is 19.6. The van der Waals surface area contributed by atoms with Gasteiger partial charge >= 0.3 is 17.9 Å². The quantitative estimate of drug-likeness (QED) is 0.273. The highest BCUT2D eigenvalue weighted by molar-refractivity contribution is 6.03. The van der Waals surface area contributed by atoms with Crippen molar-refractivity contribution >= 4 is 17.9 Å². The van der Waals surface area contributed by atoms with E-state index in [-0.39, 0.29) is 32.7 Å². The van der Waals surface area contributed by atoms with E-state index in [4.69, 9.17) is 29.4 Å². The molecule has 180 valence electrons. The minimum atomic E-state index is -1.98. The molecule has 1 fully saturated rings. The zero-order valence-corrected chi connectivity index (χ0v) is 19.6. The molecule has 0 aliphatic carbocycles. The lowest BCUT2D eigenvalue weighted by Gasteiger charge is -2.31. The minimum absolute atomic E-state index is 0.0101.